The highest BCUT2D eigenvalue weighted by atomic mass is 19.1. The van der Waals surface area contributed by atoms with E-state index >= 15 is 0 Å². The van der Waals surface area contributed by atoms with Gasteiger partial charge in [-0.3, -0.25) is 4.79 Å². The van der Waals surface area contributed by atoms with Crippen LogP contribution in [-0.2, 0) is 15.0 Å². The number of halogens is 1. The number of nitrogens with one attached hydrogen (secondary N) is 2. The highest BCUT2D eigenvalue weighted by Crippen LogP contribution is 2.32. The Morgan fingerprint density at radius 1 is 1.43 bits per heavy atom. The highest BCUT2D eigenvalue weighted by Gasteiger charge is 2.34. The van der Waals surface area contributed by atoms with Gasteiger partial charge < -0.3 is 15.4 Å². The SMILES string of the molecule is CNC(=O)C(C)(CCC=O)c1ccc(C2CCNCC2F)cc1. The minimum atomic E-state index is -0.880. The second-order valence-electron chi connectivity index (χ2n) is 6.35. The number of aldehydes is 1. The maximum Gasteiger partial charge on any atom is 0.230 e. The molecule has 1 saturated heterocycles. The number of benzene rings is 1. The maximum absolute atomic E-state index is 14.1. The number of carbonyl (C=O) groups is 2. The van der Waals surface area contributed by atoms with E-state index in [0.29, 0.717) is 19.4 Å². The maximum atomic E-state index is 14.1. The fourth-order valence-corrected chi connectivity index (χ4v) is 3.31. The molecule has 1 fully saturated rings. The van der Waals surface area contributed by atoms with Crippen molar-refractivity contribution in [2.45, 2.75) is 43.7 Å². The summed E-state index contributed by atoms with van der Waals surface area (Å²) in [7, 11) is 1.60. The van der Waals surface area contributed by atoms with Crippen LogP contribution in [0.3, 0.4) is 0 Å². The Labute approximate surface area is 136 Å². The summed E-state index contributed by atoms with van der Waals surface area (Å²) in [6.45, 7) is 3.05. The lowest BCUT2D eigenvalue weighted by molar-refractivity contribution is -0.126. The molecule has 3 atom stereocenters. The summed E-state index contributed by atoms with van der Waals surface area (Å²) in [5.74, 6) is -0.205. The van der Waals surface area contributed by atoms with Crippen LogP contribution in [0.2, 0.25) is 0 Å². The fourth-order valence-electron chi connectivity index (χ4n) is 3.31. The van der Waals surface area contributed by atoms with Gasteiger partial charge in [-0.2, -0.15) is 0 Å². The van der Waals surface area contributed by atoms with Crippen LogP contribution in [0.15, 0.2) is 24.3 Å². The van der Waals surface area contributed by atoms with Gasteiger partial charge in [-0.1, -0.05) is 24.3 Å². The van der Waals surface area contributed by atoms with Crippen LogP contribution >= 0.6 is 0 Å². The van der Waals surface area contributed by atoms with E-state index in [-0.39, 0.29) is 11.8 Å². The van der Waals surface area contributed by atoms with E-state index in [9.17, 15) is 14.0 Å². The summed E-state index contributed by atoms with van der Waals surface area (Å²) in [5, 5.41) is 5.73. The van der Waals surface area contributed by atoms with Gasteiger partial charge in [0.25, 0.3) is 0 Å². The molecule has 1 aromatic rings. The Kier molecular flexibility index (Phi) is 5.88. The first-order valence-electron chi connectivity index (χ1n) is 8.14. The molecular weight excluding hydrogens is 295 g/mol. The third-order valence-electron chi connectivity index (χ3n) is 4.87. The first kappa shape index (κ1) is 17.6. The first-order chi connectivity index (χ1) is 11.0. The molecule has 0 spiro atoms. The van der Waals surface area contributed by atoms with Crippen molar-refractivity contribution in [1.82, 2.24) is 10.6 Å². The lowest BCUT2D eigenvalue weighted by Crippen LogP contribution is -2.40. The topological polar surface area (TPSA) is 58.2 Å². The first-order valence-corrected chi connectivity index (χ1v) is 8.14. The average Bonchev–Trinajstić information content (AvgIpc) is 2.59. The van der Waals surface area contributed by atoms with Gasteiger partial charge in [0.2, 0.25) is 5.91 Å². The van der Waals surface area contributed by atoms with Crippen LogP contribution in [0, 0.1) is 0 Å². The van der Waals surface area contributed by atoms with Gasteiger partial charge in [0.15, 0.2) is 0 Å². The van der Waals surface area contributed by atoms with E-state index in [1.807, 2.05) is 31.2 Å². The monoisotopic (exact) mass is 320 g/mol. The molecule has 1 heterocycles. The molecule has 0 bridgehead atoms. The van der Waals surface area contributed by atoms with Crippen molar-refractivity contribution in [1.29, 1.82) is 0 Å². The molecule has 0 saturated carbocycles. The Morgan fingerprint density at radius 3 is 2.70 bits per heavy atom. The van der Waals surface area contributed by atoms with Gasteiger partial charge in [-0.15, -0.1) is 0 Å². The largest absolute Gasteiger partial charge is 0.358 e. The van der Waals surface area contributed by atoms with Crippen molar-refractivity contribution >= 4 is 12.2 Å². The van der Waals surface area contributed by atoms with Crippen LogP contribution < -0.4 is 10.6 Å². The van der Waals surface area contributed by atoms with E-state index in [0.717, 1.165) is 30.4 Å². The van der Waals surface area contributed by atoms with Gasteiger partial charge in [0.05, 0.1) is 5.41 Å². The molecule has 1 aliphatic rings. The molecule has 23 heavy (non-hydrogen) atoms. The molecule has 0 aliphatic carbocycles. The van der Waals surface area contributed by atoms with Crippen molar-refractivity contribution in [2.24, 2.45) is 0 Å². The molecule has 126 valence electrons. The zero-order valence-corrected chi connectivity index (χ0v) is 13.8. The third-order valence-corrected chi connectivity index (χ3v) is 4.87. The van der Waals surface area contributed by atoms with Crippen molar-refractivity contribution in [2.75, 3.05) is 20.1 Å². The van der Waals surface area contributed by atoms with E-state index in [1.165, 1.54) is 0 Å². The quantitative estimate of drug-likeness (QED) is 0.789. The zero-order chi connectivity index (χ0) is 16.9. The predicted octanol–water partition coefficient (Wildman–Crippen LogP) is 2.08. The van der Waals surface area contributed by atoms with Gasteiger partial charge in [0, 0.05) is 25.9 Å². The highest BCUT2D eigenvalue weighted by molar-refractivity contribution is 5.87. The zero-order valence-electron chi connectivity index (χ0n) is 13.8. The molecule has 1 aromatic carbocycles. The molecule has 0 radical (unpaired) electrons. The predicted molar refractivity (Wildman–Crippen MR) is 88.3 cm³/mol. The normalized spacial score (nSPS) is 23.8. The summed E-state index contributed by atoms with van der Waals surface area (Å²) < 4.78 is 14.1. The number of rotatable bonds is 6. The second kappa shape index (κ2) is 7.68. The number of carbonyl (C=O) groups excluding carboxylic acids is 2. The van der Waals surface area contributed by atoms with Gasteiger partial charge in [-0.05, 0) is 37.4 Å². The Hall–Kier alpha value is -1.75. The van der Waals surface area contributed by atoms with E-state index in [2.05, 4.69) is 10.6 Å². The third kappa shape index (κ3) is 3.78. The Balaban J connectivity index is 2.24. The molecule has 3 unspecified atom stereocenters. The smallest absolute Gasteiger partial charge is 0.230 e. The fraction of sp³-hybridized carbons (Fsp3) is 0.556. The molecule has 0 aromatic heterocycles. The van der Waals surface area contributed by atoms with Crippen LogP contribution in [0.5, 0.6) is 0 Å². The molecular formula is C18H25FN2O2. The van der Waals surface area contributed by atoms with E-state index in [1.54, 1.807) is 7.05 Å². The number of likely N-dealkylation sites (N-methyl/N-ethyl adjacent to an activating group) is 1. The molecule has 5 heteroatoms. The summed E-state index contributed by atoms with van der Waals surface area (Å²) in [5.41, 5.74) is 1.07. The van der Waals surface area contributed by atoms with Crippen LogP contribution in [-0.4, -0.2) is 38.5 Å². The molecule has 4 nitrogen and oxygen atoms in total. The minimum absolute atomic E-state index is 0.0912. The summed E-state index contributed by atoms with van der Waals surface area (Å²) in [6.07, 6.45) is 1.51. The van der Waals surface area contributed by atoms with Gasteiger partial charge >= 0.3 is 0 Å². The molecule has 2 rings (SSSR count). The number of alkyl halides is 1. The lowest BCUT2D eigenvalue weighted by atomic mass is 9.76. The summed E-state index contributed by atoms with van der Waals surface area (Å²) >= 11 is 0. The van der Waals surface area contributed by atoms with Crippen molar-refractivity contribution in [3.8, 4) is 0 Å². The van der Waals surface area contributed by atoms with E-state index < -0.39 is 11.6 Å². The van der Waals surface area contributed by atoms with Gasteiger partial charge in [-0.25, -0.2) is 4.39 Å². The number of piperidine rings is 1. The number of hydrogen-bond donors (Lipinski definition) is 2. The van der Waals surface area contributed by atoms with Crippen molar-refractivity contribution < 1.29 is 14.0 Å². The summed E-state index contributed by atoms with van der Waals surface area (Å²) in [4.78, 5) is 23.0. The van der Waals surface area contributed by atoms with Crippen LogP contribution in [0.1, 0.15) is 43.2 Å². The van der Waals surface area contributed by atoms with E-state index in [4.69, 9.17) is 0 Å². The van der Waals surface area contributed by atoms with Crippen LogP contribution in [0.4, 0.5) is 4.39 Å². The Bertz CT molecular complexity index is 546. The Morgan fingerprint density at radius 2 is 2.13 bits per heavy atom. The van der Waals surface area contributed by atoms with Crippen molar-refractivity contribution in [3.05, 3.63) is 35.4 Å². The minimum Gasteiger partial charge on any atom is -0.358 e. The second-order valence-corrected chi connectivity index (χ2v) is 6.35. The summed E-state index contributed by atoms with van der Waals surface area (Å²) in [6, 6.07) is 7.62. The molecule has 1 amide bonds. The molecule has 2 N–H and O–H groups in total. The van der Waals surface area contributed by atoms with Gasteiger partial charge in [0.1, 0.15) is 12.5 Å². The standard InChI is InChI=1S/C18H25FN2O2/c1-18(9-3-11-22,17(23)20-2)14-6-4-13(5-7-14)15-8-10-21-12-16(15)19/h4-7,11,15-16,21H,3,8-10,12H2,1-2H3,(H,20,23). The number of hydrogen-bond acceptors (Lipinski definition) is 3. The molecule has 1 aliphatic heterocycles. The average molecular weight is 320 g/mol. The van der Waals surface area contributed by atoms with Crippen molar-refractivity contribution in [3.63, 3.8) is 0 Å². The van der Waals surface area contributed by atoms with Crippen LogP contribution in [0.25, 0.3) is 0 Å². The lowest BCUT2D eigenvalue weighted by Gasteiger charge is -2.30. The number of amides is 1.